The van der Waals surface area contributed by atoms with Gasteiger partial charge < -0.3 is 5.11 Å². The molecule has 23 heavy (non-hydrogen) atoms. The van der Waals surface area contributed by atoms with Crippen LogP contribution in [-0.4, -0.2) is 5.11 Å². The van der Waals surface area contributed by atoms with Gasteiger partial charge in [-0.2, -0.15) is 0 Å². The molecule has 1 heteroatoms. The zero-order valence-corrected chi connectivity index (χ0v) is 14.4. The number of hydrogen-bond acceptors (Lipinski definition) is 1. The van der Waals surface area contributed by atoms with E-state index in [1.807, 2.05) is 6.08 Å². The van der Waals surface area contributed by atoms with Crippen molar-refractivity contribution < 1.29 is 5.11 Å². The van der Waals surface area contributed by atoms with Crippen molar-refractivity contribution in [2.75, 3.05) is 0 Å². The first kappa shape index (κ1) is 16.8. The summed E-state index contributed by atoms with van der Waals surface area (Å²) < 4.78 is 0. The van der Waals surface area contributed by atoms with Crippen molar-refractivity contribution in [1.82, 2.24) is 0 Å². The van der Waals surface area contributed by atoms with E-state index < -0.39 is 0 Å². The highest BCUT2D eigenvalue weighted by Gasteiger charge is 2.36. The predicted molar refractivity (Wildman–Crippen MR) is 98.1 cm³/mol. The highest BCUT2D eigenvalue weighted by Crippen LogP contribution is 2.45. The van der Waals surface area contributed by atoms with Gasteiger partial charge in [-0.1, -0.05) is 101 Å². The van der Waals surface area contributed by atoms with Crippen LogP contribution in [-0.2, 0) is 0 Å². The lowest BCUT2D eigenvalue weighted by Crippen LogP contribution is -2.32. The van der Waals surface area contributed by atoms with Gasteiger partial charge in [-0.3, -0.25) is 0 Å². The standard InChI is InChI=1S/C22H32O/c1-2-17-13-15-20(16-14-17)22(23)21(18-9-5-3-6-10-18)19-11-7-4-8-12-19/h2,13-16,18-19,21-23H,1,3-12H2. The van der Waals surface area contributed by atoms with Gasteiger partial charge in [-0.05, 0) is 28.9 Å². The molecule has 0 aliphatic heterocycles. The van der Waals surface area contributed by atoms with E-state index in [0.29, 0.717) is 5.92 Å². The zero-order chi connectivity index (χ0) is 16.1. The molecule has 1 N–H and O–H groups in total. The fourth-order valence-electron chi connectivity index (χ4n) is 4.99. The van der Waals surface area contributed by atoms with Crippen LogP contribution in [0.1, 0.15) is 81.4 Å². The Bertz CT molecular complexity index is 459. The Morgan fingerprint density at radius 3 is 1.74 bits per heavy atom. The third-order valence-electron chi connectivity index (χ3n) is 6.27. The van der Waals surface area contributed by atoms with Crippen LogP contribution in [0.3, 0.4) is 0 Å². The summed E-state index contributed by atoms with van der Waals surface area (Å²) in [6, 6.07) is 8.40. The van der Waals surface area contributed by atoms with E-state index in [1.165, 1.54) is 64.2 Å². The second kappa shape index (κ2) is 8.15. The minimum atomic E-state index is -0.292. The van der Waals surface area contributed by atoms with Crippen LogP contribution in [0.25, 0.3) is 6.08 Å². The minimum absolute atomic E-state index is 0.292. The molecule has 0 radical (unpaired) electrons. The van der Waals surface area contributed by atoms with Gasteiger partial charge in [0.1, 0.15) is 0 Å². The van der Waals surface area contributed by atoms with Gasteiger partial charge in [0.15, 0.2) is 0 Å². The molecule has 2 aliphatic carbocycles. The van der Waals surface area contributed by atoms with Crippen LogP contribution >= 0.6 is 0 Å². The lowest BCUT2D eigenvalue weighted by atomic mass is 9.66. The molecule has 2 fully saturated rings. The van der Waals surface area contributed by atoms with Crippen molar-refractivity contribution in [3.8, 4) is 0 Å². The van der Waals surface area contributed by atoms with Crippen molar-refractivity contribution in [2.24, 2.45) is 17.8 Å². The number of benzene rings is 1. The highest BCUT2D eigenvalue weighted by atomic mass is 16.3. The van der Waals surface area contributed by atoms with Gasteiger partial charge in [-0.25, -0.2) is 0 Å². The zero-order valence-electron chi connectivity index (χ0n) is 14.4. The Kier molecular flexibility index (Phi) is 5.94. The molecule has 1 aromatic rings. The average Bonchev–Trinajstić information content (AvgIpc) is 2.64. The summed E-state index contributed by atoms with van der Waals surface area (Å²) in [6.07, 6.45) is 15.1. The smallest absolute Gasteiger partial charge is 0.0823 e. The average molecular weight is 312 g/mol. The highest BCUT2D eigenvalue weighted by molar-refractivity contribution is 5.47. The van der Waals surface area contributed by atoms with Gasteiger partial charge in [0.25, 0.3) is 0 Å². The Balaban J connectivity index is 1.80. The van der Waals surface area contributed by atoms with Gasteiger partial charge in [-0.15, -0.1) is 0 Å². The largest absolute Gasteiger partial charge is 0.388 e. The molecular formula is C22H32O. The van der Waals surface area contributed by atoms with Crippen molar-refractivity contribution in [2.45, 2.75) is 70.3 Å². The lowest BCUT2D eigenvalue weighted by molar-refractivity contribution is 0.00785. The van der Waals surface area contributed by atoms with E-state index in [1.54, 1.807) is 0 Å². The quantitative estimate of drug-likeness (QED) is 0.692. The second-order valence-corrected chi connectivity index (χ2v) is 7.69. The molecule has 126 valence electrons. The van der Waals surface area contributed by atoms with Gasteiger partial charge in [0.05, 0.1) is 6.10 Å². The van der Waals surface area contributed by atoms with Crippen LogP contribution in [0.2, 0.25) is 0 Å². The molecule has 1 unspecified atom stereocenters. The van der Waals surface area contributed by atoms with Crippen molar-refractivity contribution >= 4 is 6.08 Å². The monoisotopic (exact) mass is 312 g/mol. The number of rotatable bonds is 5. The first-order valence-electron chi connectivity index (χ1n) is 9.70. The molecule has 0 aromatic heterocycles. The maximum absolute atomic E-state index is 11.2. The summed E-state index contributed by atoms with van der Waals surface area (Å²) in [7, 11) is 0. The van der Waals surface area contributed by atoms with Crippen LogP contribution in [0.4, 0.5) is 0 Å². The molecule has 1 nitrogen and oxygen atoms in total. The first-order valence-corrected chi connectivity index (χ1v) is 9.70. The Labute approximate surface area is 141 Å². The van der Waals surface area contributed by atoms with Gasteiger partial charge >= 0.3 is 0 Å². The van der Waals surface area contributed by atoms with Crippen LogP contribution < -0.4 is 0 Å². The van der Waals surface area contributed by atoms with Crippen molar-refractivity contribution in [1.29, 1.82) is 0 Å². The molecular weight excluding hydrogens is 280 g/mol. The number of aliphatic hydroxyl groups excluding tert-OH is 1. The molecule has 0 amide bonds. The molecule has 0 saturated heterocycles. The topological polar surface area (TPSA) is 20.2 Å². The molecule has 0 spiro atoms. The molecule has 0 heterocycles. The summed E-state index contributed by atoms with van der Waals surface area (Å²) in [6.45, 7) is 3.82. The van der Waals surface area contributed by atoms with Crippen molar-refractivity contribution in [3.05, 3.63) is 42.0 Å². The van der Waals surface area contributed by atoms with Crippen molar-refractivity contribution in [3.63, 3.8) is 0 Å². The van der Waals surface area contributed by atoms with Gasteiger partial charge in [0.2, 0.25) is 0 Å². The molecule has 3 rings (SSSR count). The van der Waals surface area contributed by atoms with E-state index >= 15 is 0 Å². The SMILES string of the molecule is C=Cc1ccc(C(O)C(C2CCCCC2)C2CCCCC2)cc1. The van der Waals surface area contributed by atoms with Crippen LogP contribution in [0.15, 0.2) is 30.8 Å². The Morgan fingerprint density at radius 1 is 0.826 bits per heavy atom. The predicted octanol–water partition coefficient (Wildman–Crippen LogP) is 6.14. The normalized spacial score (nSPS) is 22.2. The fourth-order valence-corrected chi connectivity index (χ4v) is 4.99. The second-order valence-electron chi connectivity index (χ2n) is 7.69. The van der Waals surface area contributed by atoms with E-state index in [9.17, 15) is 5.11 Å². The Hall–Kier alpha value is -1.08. The number of hydrogen-bond donors (Lipinski definition) is 1. The first-order chi connectivity index (χ1) is 11.3. The maximum Gasteiger partial charge on any atom is 0.0823 e. The van der Waals surface area contributed by atoms with E-state index in [2.05, 4.69) is 30.8 Å². The molecule has 0 bridgehead atoms. The molecule has 1 aromatic carbocycles. The van der Waals surface area contributed by atoms with E-state index in [-0.39, 0.29) is 6.10 Å². The summed E-state index contributed by atoms with van der Waals surface area (Å²) in [5, 5.41) is 11.2. The van der Waals surface area contributed by atoms with Gasteiger partial charge in [0, 0.05) is 0 Å². The molecule has 2 saturated carbocycles. The summed E-state index contributed by atoms with van der Waals surface area (Å²) in [4.78, 5) is 0. The third-order valence-corrected chi connectivity index (χ3v) is 6.27. The molecule has 2 aliphatic rings. The van der Waals surface area contributed by atoms with E-state index in [4.69, 9.17) is 0 Å². The lowest BCUT2D eigenvalue weighted by Gasteiger charge is -2.40. The van der Waals surface area contributed by atoms with Crippen LogP contribution in [0, 0.1) is 17.8 Å². The Morgan fingerprint density at radius 2 is 1.30 bits per heavy atom. The minimum Gasteiger partial charge on any atom is -0.388 e. The summed E-state index contributed by atoms with van der Waals surface area (Å²) >= 11 is 0. The molecule has 1 atom stereocenters. The van der Waals surface area contributed by atoms with Crippen LogP contribution in [0.5, 0.6) is 0 Å². The number of aliphatic hydroxyl groups is 1. The maximum atomic E-state index is 11.2. The van der Waals surface area contributed by atoms with E-state index in [0.717, 1.165) is 23.0 Å². The third kappa shape index (κ3) is 4.07. The summed E-state index contributed by atoms with van der Waals surface area (Å²) in [5.74, 6) is 1.91. The fraction of sp³-hybridized carbons (Fsp3) is 0.636. The summed E-state index contributed by atoms with van der Waals surface area (Å²) in [5.41, 5.74) is 2.24.